The smallest absolute Gasteiger partial charge is 0.340 e. The number of aryl methyl sites for hydroxylation is 1. The molecule has 3 aliphatic rings. The van der Waals surface area contributed by atoms with E-state index in [1.807, 2.05) is 24.3 Å². The number of hydrogen-bond donors (Lipinski definition) is 2. The van der Waals surface area contributed by atoms with Gasteiger partial charge >= 0.3 is 5.97 Å². The Hall–Kier alpha value is -2.82. The molecule has 3 saturated heterocycles. The Kier molecular flexibility index (Phi) is 10.6. The van der Waals surface area contributed by atoms with Crippen LogP contribution in [0.15, 0.2) is 54.6 Å². The van der Waals surface area contributed by atoms with Gasteiger partial charge in [-0.3, -0.25) is 19.5 Å². The van der Waals surface area contributed by atoms with Crippen LogP contribution in [0.25, 0.3) is 0 Å². The van der Waals surface area contributed by atoms with Crippen molar-refractivity contribution in [1.82, 2.24) is 20.0 Å². The van der Waals surface area contributed by atoms with Gasteiger partial charge in [-0.05, 0) is 68.6 Å². The third-order valence-corrected chi connectivity index (χ3v) is 9.18. The summed E-state index contributed by atoms with van der Waals surface area (Å²) in [6.07, 6.45) is 4.48. The van der Waals surface area contributed by atoms with Crippen molar-refractivity contribution >= 4 is 11.8 Å². The number of ketones is 1. The van der Waals surface area contributed by atoms with Crippen molar-refractivity contribution in [2.45, 2.75) is 69.5 Å². The maximum absolute atomic E-state index is 13.2. The molecule has 5 rings (SSSR count). The number of hydrogen-bond acceptors (Lipinski definition) is 8. The molecule has 0 aliphatic carbocycles. The number of carboxylic acid groups (broad SMARTS) is 1. The molecular formula is C33H46N4O5. The fourth-order valence-corrected chi connectivity index (χ4v) is 6.81. The average molecular weight is 579 g/mol. The first-order valence-corrected chi connectivity index (χ1v) is 15.5. The van der Waals surface area contributed by atoms with Gasteiger partial charge in [0, 0.05) is 52.0 Å². The van der Waals surface area contributed by atoms with E-state index in [2.05, 4.69) is 50.3 Å². The number of piperazine rings is 1. The van der Waals surface area contributed by atoms with E-state index in [1.54, 1.807) is 7.11 Å². The van der Waals surface area contributed by atoms with E-state index in [-0.39, 0.29) is 12.2 Å². The third kappa shape index (κ3) is 7.57. The SMILES string of the molecule is COc1ccc(CCC(=O)[C@H](OC2(N3CCN(C4CCCCN4Cc4ccccc4)CC3)CCNCC2)C(=O)O)cc1. The van der Waals surface area contributed by atoms with E-state index in [4.69, 9.17) is 9.47 Å². The Balaban J connectivity index is 1.22. The average Bonchev–Trinajstić information content (AvgIpc) is 3.04. The van der Waals surface area contributed by atoms with Crippen LogP contribution in [-0.4, -0.2) is 102 Å². The summed E-state index contributed by atoms with van der Waals surface area (Å²) in [4.78, 5) is 33.2. The molecule has 3 aliphatic heterocycles. The van der Waals surface area contributed by atoms with Crippen LogP contribution < -0.4 is 10.1 Å². The molecule has 0 radical (unpaired) electrons. The third-order valence-electron chi connectivity index (χ3n) is 9.18. The topological polar surface area (TPSA) is 94.6 Å². The van der Waals surface area contributed by atoms with Crippen LogP contribution in [0.3, 0.4) is 0 Å². The molecule has 0 aromatic heterocycles. The van der Waals surface area contributed by atoms with Gasteiger partial charge in [0.1, 0.15) is 11.5 Å². The van der Waals surface area contributed by atoms with Crippen LogP contribution in [0.1, 0.15) is 49.7 Å². The van der Waals surface area contributed by atoms with Gasteiger partial charge < -0.3 is 19.9 Å². The van der Waals surface area contributed by atoms with Crippen LogP contribution in [0.5, 0.6) is 5.75 Å². The number of Topliss-reactive ketones (excluding diaryl/α,β-unsaturated/α-hetero) is 1. The number of nitrogens with one attached hydrogen (secondary N) is 1. The fourth-order valence-electron chi connectivity index (χ4n) is 6.81. The number of likely N-dealkylation sites (tertiary alicyclic amines) is 1. The van der Waals surface area contributed by atoms with Crippen molar-refractivity contribution in [3.8, 4) is 5.75 Å². The highest BCUT2D eigenvalue weighted by molar-refractivity contribution is 6.01. The molecule has 2 N–H and O–H groups in total. The summed E-state index contributed by atoms with van der Waals surface area (Å²) in [6.45, 7) is 6.93. The second kappa shape index (κ2) is 14.6. The van der Waals surface area contributed by atoms with Gasteiger partial charge in [-0.25, -0.2) is 4.79 Å². The van der Waals surface area contributed by atoms with Gasteiger partial charge in [-0.2, -0.15) is 0 Å². The van der Waals surface area contributed by atoms with Crippen LogP contribution in [-0.2, 0) is 27.3 Å². The Bertz CT molecular complexity index is 1150. The molecule has 1 unspecified atom stereocenters. The van der Waals surface area contributed by atoms with Gasteiger partial charge in [0.05, 0.1) is 13.3 Å². The monoisotopic (exact) mass is 578 g/mol. The first-order valence-electron chi connectivity index (χ1n) is 15.5. The van der Waals surface area contributed by atoms with Crippen LogP contribution in [0.2, 0.25) is 0 Å². The van der Waals surface area contributed by atoms with Gasteiger partial charge in [0.25, 0.3) is 0 Å². The minimum atomic E-state index is -1.47. The molecule has 0 saturated carbocycles. The number of benzene rings is 2. The molecule has 2 aromatic carbocycles. The number of ether oxygens (including phenoxy) is 2. The summed E-state index contributed by atoms with van der Waals surface area (Å²) >= 11 is 0. The van der Waals surface area contributed by atoms with Crippen molar-refractivity contribution in [3.63, 3.8) is 0 Å². The van der Waals surface area contributed by atoms with E-state index in [9.17, 15) is 14.7 Å². The van der Waals surface area contributed by atoms with E-state index in [0.717, 1.165) is 63.7 Å². The zero-order chi connectivity index (χ0) is 29.4. The molecule has 3 heterocycles. The largest absolute Gasteiger partial charge is 0.497 e. The molecule has 9 heteroatoms. The van der Waals surface area contributed by atoms with E-state index in [0.29, 0.717) is 25.4 Å². The number of nitrogens with zero attached hydrogens (tertiary/aromatic N) is 3. The van der Waals surface area contributed by atoms with Crippen molar-refractivity contribution in [3.05, 3.63) is 65.7 Å². The molecule has 2 aromatic rings. The lowest BCUT2D eigenvalue weighted by Crippen LogP contribution is -2.65. The molecule has 0 bridgehead atoms. The van der Waals surface area contributed by atoms with Crippen molar-refractivity contribution in [1.29, 1.82) is 0 Å². The molecule has 0 spiro atoms. The fraction of sp³-hybridized carbons (Fsp3) is 0.576. The first-order chi connectivity index (χ1) is 20.5. The van der Waals surface area contributed by atoms with Gasteiger partial charge in [-0.15, -0.1) is 0 Å². The number of aliphatic carboxylic acids is 1. The summed E-state index contributed by atoms with van der Waals surface area (Å²) in [5.74, 6) is -0.837. The Morgan fingerprint density at radius 1 is 0.952 bits per heavy atom. The van der Waals surface area contributed by atoms with E-state index in [1.165, 1.54) is 24.8 Å². The standard InChI is InChI=1S/C33H46N4O5/c1-41-28-13-10-26(11-14-28)12-15-29(38)31(32(39)40)42-33(16-18-34-19-17-33)37-23-21-35(22-24-37)30-9-5-6-20-36(30)25-27-7-3-2-4-8-27/h2-4,7-8,10-11,13-14,30-31,34H,5-6,9,12,15-25H2,1H3,(H,39,40)/t30?,31-/m0/s1. The van der Waals surface area contributed by atoms with Gasteiger partial charge in [0.2, 0.25) is 6.10 Å². The zero-order valence-corrected chi connectivity index (χ0v) is 24.9. The second-order valence-corrected chi connectivity index (χ2v) is 11.8. The Labute approximate surface area is 249 Å². The highest BCUT2D eigenvalue weighted by atomic mass is 16.6. The van der Waals surface area contributed by atoms with E-state index >= 15 is 0 Å². The maximum Gasteiger partial charge on any atom is 0.340 e. The molecule has 9 nitrogen and oxygen atoms in total. The molecule has 42 heavy (non-hydrogen) atoms. The minimum Gasteiger partial charge on any atom is -0.497 e. The predicted molar refractivity (Wildman–Crippen MR) is 161 cm³/mol. The highest BCUT2D eigenvalue weighted by Crippen LogP contribution is 2.32. The molecular weight excluding hydrogens is 532 g/mol. The predicted octanol–water partition coefficient (Wildman–Crippen LogP) is 3.38. The Morgan fingerprint density at radius 3 is 2.33 bits per heavy atom. The number of piperidine rings is 2. The van der Waals surface area contributed by atoms with Crippen molar-refractivity contribution < 1.29 is 24.2 Å². The van der Waals surface area contributed by atoms with Gasteiger partial charge in [0.15, 0.2) is 5.78 Å². The quantitative estimate of drug-likeness (QED) is 0.368. The lowest BCUT2D eigenvalue weighted by atomic mass is 9.96. The van der Waals surface area contributed by atoms with Gasteiger partial charge in [-0.1, -0.05) is 42.5 Å². The number of carboxylic acids is 1. The van der Waals surface area contributed by atoms with E-state index < -0.39 is 17.8 Å². The second-order valence-electron chi connectivity index (χ2n) is 11.8. The lowest BCUT2D eigenvalue weighted by Gasteiger charge is -2.52. The normalized spacial score (nSPS) is 22.8. The van der Waals surface area contributed by atoms with Crippen LogP contribution in [0.4, 0.5) is 0 Å². The Morgan fingerprint density at radius 2 is 1.67 bits per heavy atom. The number of carbonyl (C=O) groups is 2. The molecule has 0 amide bonds. The van der Waals surface area contributed by atoms with Crippen molar-refractivity contribution in [2.24, 2.45) is 0 Å². The van der Waals surface area contributed by atoms with Crippen LogP contribution >= 0.6 is 0 Å². The zero-order valence-electron chi connectivity index (χ0n) is 24.9. The summed E-state index contributed by atoms with van der Waals surface area (Å²) in [6, 6.07) is 18.2. The molecule has 2 atom stereocenters. The summed E-state index contributed by atoms with van der Waals surface area (Å²) in [7, 11) is 1.61. The lowest BCUT2D eigenvalue weighted by molar-refractivity contribution is -0.217. The molecule has 3 fully saturated rings. The first kappa shape index (κ1) is 30.6. The minimum absolute atomic E-state index is 0.115. The maximum atomic E-state index is 13.2. The number of carbonyl (C=O) groups excluding carboxylic acids is 1. The summed E-state index contributed by atoms with van der Waals surface area (Å²) < 4.78 is 11.6. The van der Waals surface area contributed by atoms with Crippen molar-refractivity contribution in [2.75, 3.05) is 52.9 Å². The number of rotatable bonds is 12. The molecule has 228 valence electrons. The summed E-state index contributed by atoms with van der Waals surface area (Å²) in [5.41, 5.74) is 1.55. The summed E-state index contributed by atoms with van der Waals surface area (Å²) in [5, 5.41) is 13.5. The highest BCUT2D eigenvalue weighted by Gasteiger charge is 2.46. The van der Waals surface area contributed by atoms with Crippen LogP contribution in [0, 0.1) is 0 Å². The number of methoxy groups -OCH3 is 1.